The number of esters is 1. The number of fused-ring (bicyclic) bond motifs is 1. The van der Waals surface area contributed by atoms with Crippen LogP contribution in [0.25, 0.3) is 0 Å². The Morgan fingerprint density at radius 3 is 2.47 bits per heavy atom. The van der Waals surface area contributed by atoms with E-state index < -0.39 is 23.5 Å². The molecule has 0 saturated carbocycles. The normalized spacial score (nSPS) is 15.0. The highest BCUT2D eigenvalue weighted by Crippen LogP contribution is 2.44. The number of rotatable bonds is 3. The van der Waals surface area contributed by atoms with Gasteiger partial charge in [-0.25, -0.2) is 13.6 Å². The molecule has 1 unspecified atom stereocenters. The number of hydrogen-bond donors (Lipinski definition) is 1. The first-order chi connectivity index (χ1) is 14.5. The molecule has 3 aromatic rings. The molecule has 4 rings (SSSR count). The Kier molecular flexibility index (Phi) is 4.90. The number of carbonyl (C=O) groups excluding carboxylic acids is 1. The Labute approximate surface area is 170 Å². The van der Waals surface area contributed by atoms with Crippen LogP contribution in [0.15, 0.2) is 78.2 Å². The lowest BCUT2D eigenvalue weighted by Crippen LogP contribution is -2.22. The van der Waals surface area contributed by atoms with E-state index in [1.165, 1.54) is 18.2 Å². The monoisotopic (exact) mass is 404 g/mol. The van der Waals surface area contributed by atoms with Crippen LogP contribution in [0.1, 0.15) is 27.4 Å². The number of ether oxygens (including phenoxy) is 2. The van der Waals surface area contributed by atoms with Gasteiger partial charge in [-0.1, -0.05) is 30.3 Å². The minimum Gasteiger partial charge on any atom is -0.440 e. The van der Waals surface area contributed by atoms with Gasteiger partial charge in [-0.3, -0.25) is 0 Å². The van der Waals surface area contributed by atoms with Gasteiger partial charge in [0.05, 0.1) is 11.5 Å². The maximum Gasteiger partial charge on any atom is 0.343 e. The molecule has 3 aromatic carbocycles. The summed E-state index contributed by atoms with van der Waals surface area (Å²) in [5.41, 5.74) is 6.77. The number of allylic oxidation sites excluding steroid dienone is 1. The Morgan fingerprint density at radius 2 is 1.77 bits per heavy atom. The van der Waals surface area contributed by atoms with Crippen molar-refractivity contribution in [1.82, 2.24) is 0 Å². The van der Waals surface area contributed by atoms with E-state index in [-0.39, 0.29) is 28.5 Å². The molecule has 1 atom stereocenters. The molecule has 0 aliphatic carbocycles. The maximum atomic E-state index is 14.5. The number of nitriles is 1. The summed E-state index contributed by atoms with van der Waals surface area (Å²) < 4.78 is 38.7. The molecule has 1 aliphatic rings. The zero-order valence-electron chi connectivity index (χ0n) is 15.4. The molecule has 0 aromatic heterocycles. The van der Waals surface area contributed by atoms with E-state index in [4.69, 9.17) is 15.2 Å². The van der Waals surface area contributed by atoms with Crippen LogP contribution in [0.3, 0.4) is 0 Å². The van der Waals surface area contributed by atoms with Crippen molar-refractivity contribution in [3.63, 3.8) is 0 Å². The fourth-order valence-corrected chi connectivity index (χ4v) is 3.29. The highest BCUT2D eigenvalue weighted by molar-refractivity contribution is 5.91. The van der Waals surface area contributed by atoms with Crippen LogP contribution in [0.2, 0.25) is 0 Å². The predicted molar refractivity (Wildman–Crippen MR) is 103 cm³/mol. The van der Waals surface area contributed by atoms with Crippen LogP contribution in [-0.2, 0) is 0 Å². The number of nitrogens with zero attached hydrogens (tertiary/aromatic N) is 1. The molecule has 1 heterocycles. The Balaban J connectivity index is 1.73. The molecule has 0 saturated heterocycles. The lowest BCUT2D eigenvalue weighted by Gasteiger charge is -2.27. The van der Waals surface area contributed by atoms with Crippen LogP contribution < -0.4 is 15.2 Å². The predicted octanol–water partition coefficient (Wildman–Crippen LogP) is 4.40. The van der Waals surface area contributed by atoms with Gasteiger partial charge in [0.15, 0.2) is 0 Å². The van der Waals surface area contributed by atoms with Crippen molar-refractivity contribution in [3.05, 3.63) is 107 Å². The van der Waals surface area contributed by atoms with Crippen LogP contribution in [-0.4, -0.2) is 5.97 Å². The molecule has 1 aliphatic heterocycles. The van der Waals surface area contributed by atoms with E-state index in [9.17, 15) is 18.8 Å². The fourth-order valence-electron chi connectivity index (χ4n) is 3.29. The Bertz CT molecular complexity index is 1220. The average Bonchev–Trinajstić information content (AvgIpc) is 2.73. The number of benzene rings is 3. The minimum atomic E-state index is -0.891. The molecule has 5 nitrogen and oxygen atoms in total. The van der Waals surface area contributed by atoms with Crippen LogP contribution in [0, 0.1) is 23.0 Å². The lowest BCUT2D eigenvalue weighted by atomic mass is 9.83. The summed E-state index contributed by atoms with van der Waals surface area (Å²) in [6, 6.07) is 18.0. The van der Waals surface area contributed by atoms with Gasteiger partial charge < -0.3 is 15.2 Å². The van der Waals surface area contributed by atoms with Crippen LogP contribution in [0.5, 0.6) is 11.5 Å². The van der Waals surface area contributed by atoms with Gasteiger partial charge in [0.2, 0.25) is 5.88 Å². The summed E-state index contributed by atoms with van der Waals surface area (Å²) in [4.78, 5) is 12.3. The van der Waals surface area contributed by atoms with Gasteiger partial charge in [-0.05, 0) is 24.3 Å². The second kappa shape index (κ2) is 7.68. The van der Waals surface area contributed by atoms with Crippen molar-refractivity contribution in [2.24, 2.45) is 5.73 Å². The molecule has 0 spiro atoms. The van der Waals surface area contributed by atoms with Gasteiger partial charge in [-0.15, -0.1) is 0 Å². The first-order valence-corrected chi connectivity index (χ1v) is 8.91. The van der Waals surface area contributed by atoms with Gasteiger partial charge in [0.1, 0.15) is 34.8 Å². The van der Waals surface area contributed by atoms with E-state index in [0.29, 0.717) is 11.1 Å². The Morgan fingerprint density at radius 1 is 1.03 bits per heavy atom. The zero-order chi connectivity index (χ0) is 21.3. The Hall–Kier alpha value is -4.18. The third kappa shape index (κ3) is 3.47. The van der Waals surface area contributed by atoms with Crippen molar-refractivity contribution in [1.29, 1.82) is 5.26 Å². The number of halogens is 2. The summed E-state index contributed by atoms with van der Waals surface area (Å²) in [5.74, 6) is -2.81. The van der Waals surface area contributed by atoms with Crippen molar-refractivity contribution in [2.75, 3.05) is 0 Å². The van der Waals surface area contributed by atoms with E-state index in [1.807, 2.05) is 6.07 Å². The second-order valence-electron chi connectivity index (χ2n) is 6.55. The van der Waals surface area contributed by atoms with Gasteiger partial charge >= 0.3 is 5.97 Å². The third-order valence-electron chi connectivity index (χ3n) is 4.68. The van der Waals surface area contributed by atoms with Crippen LogP contribution in [0.4, 0.5) is 8.78 Å². The van der Waals surface area contributed by atoms with Gasteiger partial charge in [0.25, 0.3) is 0 Å². The molecule has 0 bridgehead atoms. The largest absolute Gasteiger partial charge is 0.440 e. The maximum absolute atomic E-state index is 14.5. The third-order valence-corrected chi connectivity index (χ3v) is 4.68. The highest BCUT2D eigenvalue weighted by Gasteiger charge is 2.33. The average molecular weight is 404 g/mol. The van der Waals surface area contributed by atoms with Crippen molar-refractivity contribution < 1.29 is 23.0 Å². The molecule has 148 valence electrons. The van der Waals surface area contributed by atoms with Crippen molar-refractivity contribution in [3.8, 4) is 17.6 Å². The molecule has 2 N–H and O–H groups in total. The summed E-state index contributed by atoms with van der Waals surface area (Å²) in [6.07, 6.45) is 0. The molecule has 0 fully saturated rings. The quantitative estimate of drug-likeness (QED) is 0.517. The molecule has 7 heteroatoms. The second-order valence-corrected chi connectivity index (χ2v) is 6.55. The zero-order valence-corrected chi connectivity index (χ0v) is 15.4. The number of hydrogen-bond acceptors (Lipinski definition) is 5. The standard InChI is InChI=1S/C23H14F2N2O3/c24-14-6-8-16(19(25)10-14)21-17-9-7-15(11-20(17)30-22(27)18(21)12-26)29-23(28)13-4-2-1-3-5-13/h1-11,21H,27H2. The molecule has 0 amide bonds. The highest BCUT2D eigenvalue weighted by atomic mass is 19.1. The van der Waals surface area contributed by atoms with E-state index in [0.717, 1.165) is 12.1 Å². The van der Waals surface area contributed by atoms with Crippen molar-refractivity contribution >= 4 is 5.97 Å². The summed E-state index contributed by atoms with van der Waals surface area (Å²) in [6.45, 7) is 0. The van der Waals surface area contributed by atoms with Crippen molar-refractivity contribution in [2.45, 2.75) is 5.92 Å². The van der Waals surface area contributed by atoms with E-state index >= 15 is 0 Å². The molecular formula is C23H14F2N2O3. The fraction of sp³-hybridized carbons (Fsp3) is 0.0435. The number of nitrogens with two attached hydrogens (primary N) is 1. The number of carbonyl (C=O) groups is 1. The summed E-state index contributed by atoms with van der Waals surface area (Å²) in [5, 5.41) is 9.53. The van der Waals surface area contributed by atoms with Crippen LogP contribution >= 0.6 is 0 Å². The van der Waals surface area contributed by atoms with Gasteiger partial charge in [0, 0.05) is 23.3 Å². The molecule has 0 radical (unpaired) electrons. The summed E-state index contributed by atoms with van der Waals surface area (Å²) >= 11 is 0. The summed E-state index contributed by atoms with van der Waals surface area (Å²) in [7, 11) is 0. The van der Waals surface area contributed by atoms with Gasteiger partial charge in [-0.2, -0.15) is 5.26 Å². The van der Waals surface area contributed by atoms with E-state index in [2.05, 4.69) is 0 Å². The molecule has 30 heavy (non-hydrogen) atoms. The SMILES string of the molecule is N#CC1=C(N)Oc2cc(OC(=O)c3ccccc3)ccc2C1c1ccc(F)cc1F. The van der Waals surface area contributed by atoms with E-state index in [1.54, 1.807) is 36.4 Å². The smallest absolute Gasteiger partial charge is 0.343 e. The first-order valence-electron chi connectivity index (χ1n) is 8.91. The first kappa shape index (κ1) is 19.2. The minimum absolute atomic E-state index is 0.00189. The molecular weight excluding hydrogens is 390 g/mol. The lowest BCUT2D eigenvalue weighted by molar-refractivity contribution is 0.0734. The topological polar surface area (TPSA) is 85.3 Å².